The van der Waals surface area contributed by atoms with Gasteiger partial charge >= 0.3 is 0 Å². The van der Waals surface area contributed by atoms with E-state index in [1.807, 2.05) is 11.3 Å². The Morgan fingerprint density at radius 1 is 0.524 bits per heavy atom. The third-order valence-corrected chi connectivity index (χ3v) is 16.0. The lowest BCUT2D eigenvalue weighted by molar-refractivity contribution is 0.332. The van der Waals surface area contributed by atoms with Crippen LogP contribution in [0.5, 0.6) is 0 Å². The van der Waals surface area contributed by atoms with Crippen LogP contribution in [0, 0.1) is 6.92 Å². The Labute approximate surface area is 382 Å². The molecule has 63 heavy (non-hydrogen) atoms. The van der Waals surface area contributed by atoms with Crippen molar-refractivity contribution in [2.24, 2.45) is 0 Å². The van der Waals surface area contributed by atoms with Crippen LogP contribution in [0.25, 0.3) is 21.2 Å². The smallest absolute Gasteiger partial charge is 0.254 e. The highest BCUT2D eigenvalue weighted by atomic mass is 32.1. The minimum atomic E-state index is -0.105. The quantitative estimate of drug-likeness (QED) is 0.164. The summed E-state index contributed by atoms with van der Waals surface area (Å²) in [6, 6.07) is 45.5. The summed E-state index contributed by atoms with van der Waals surface area (Å²) in [5.41, 5.74) is 21.5. The second kappa shape index (κ2) is 14.0. The molecule has 10 rings (SSSR count). The summed E-state index contributed by atoms with van der Waals surface area (Å²) in [6.45, 7) is 33.3. The summed E-state index contributed by atoms with van der Waals surface area (Å²) in [5, 5.41) is 2.72. The fourth-order valence-corrected chi connectivity index (χ4v) is 12.1. The molecule has 7 aromatic rings. The van der Waals surface area contributed by atoms with Gasteiger partial charge in [-0.2, -0.15) is 0 Å². The van der Waals surface area contributed by atoms with Crippen molar-refractivity contribution in [3.05, 3.63) is 149 Å². The number of anilines is 6. The number of benzene rings is 6. The highest BCUT2D eigenvalue weighted by Crippen LogP contribution is 2.53. The molecule has 0 saturated heterocycles. The largest absolute Gasteiger partial charge is 0.311 e. The number of hydrogen-bond donors (Lipinski definition) is 0. The molecule has 0 N–H and O–H groups in total. The molecule has 2 aliphatic heterocycles. The van der Waals surface area contributed by atoms with Gasteiger partial charge in [0, 0.05) is 33.0 Å². The summed E-state index contributed by atoms with van der Waals surface area (Å²) >= 11 is 1.96. The lowest BCUT2D eigenvalue weighted by Crippen LogP contribution is -2.61. The second-order valence-electron chi connectivity index (χ2n) is 23.5. The minimum Gasteiger partial charge on any atom is -0.311 e. The number of fused-ring (bicyclic) bond motifs is 7. The zero-order valence-corrected chi connectivity index (χ0v) is 41.1. The second-order valence-corrected chi connectivity index (χ2v) is 24.5. The maximum absolute atomic E-state index is 2.71. The summed E-state index contributed by atoms with van der Waals surface area (Å²) in [7, 11) is 0. The van der Waals surface area contributed by atoms with Crippen LogP contribution >= 0.6 is 11.3 Å². The highest BCUT2D eigenvalue weighted by Gasteiger charge is 2.48. The van der Waals surface area contributed by atoms with Crippen LogP contribution in [0.4, 0.5) is 33.4 Å². The maximum Gasteiger partial charge on any atom is 0.254 e. The molecule has 0 amide bonds. The van der Waals surface area contributed by atoms with Crippen molar-refractivity contribution in [2.75, 3.05) is 9.80 Å². The number of aryl methyl sites for hydroxylation is 1. The summed E-state index contributed by atoms with van der Waals surface area (Å²) in [6.07, 6.45) is 2.34. The zero-order chi connectivity index (χ0) is 44.8. The predicted molar refractivity (Wildman–Crippen MR) is 277 cm³/mol. The topological polar surface area (TPSA) is 6.48 Å². The van der Waals surface area contributed by atoms with E-state index in [4.69, 9.17) is 0 Å². The van der Waals surface area contributed by atoms with E-state index in [0.717, 1.165) is 0 Å². The van der Waals surface area contributed by atoms with Crippen molar-refractivity contribution in [3.63, 3.8) is 0 Å². The van der Waals surface area contributed by atoms with E-state index in [1.165, 1.54) is 117 Å². The predicted octanol–water partition coefficient (Wildman–Crippen LogP) is 15.2. The number of rotatable bonds is 3. The highest BCUT2D eigenvalue weighted by molar-refractivity contribution is 7.26. The van der Waals surface area contributed by atoms with Crippen LogP contribution in [-0.4, -0.2) is 6.71 Å². The first-order valence-corrected chi connectivity index (χ1v) is 24.2. The van der Waals surface area contributed by atoms with Crippen LogP contribution in [0.3, 0.4) is 0 Å². The van der Waals surface area contributed by atoms with Gasteiger partial charge in [-0.3, -0.25) is 0 Å². The first-order chi connectivity index (χ1) is 29.5. The monoisotopic (exact) mass is 844 g/mol. The van der Waals surface area contributed by atoms with Gasteiger partial charge in [0.05, 0.1) is 10.7 Å². The Bertz CT molecular complexity index is 2960. The molecule has 0 saturated carbocycles. The number of nitrogens with zero attached hydrogens (tertiary/aromatic N) is 2. The number of thiophene rings is 1. The molecule has 0 unspecified atom stereocenters. The maximum atomic E-state index is 2.71. The van der Waals surface area contributed by atoms with Gasteiger partial charge in [-0.05, 0) is 151 Å². The van der Waals surface area contributed by atoms with Crippen molar-refractivity contribution in [2.45, 2.75) is 137 Å². The van der Waals surface area contributed by atoms with Gasteiger partial charge in [-0.1, -0.05) is 162 Å². The molecule has 0 atom stereocenters. The van der Waals surface area contributed by atoms with Crippen molar-refractivity contribution in [1.29, 1.82) is 0 Å². The minimum absolute atomic E-state index is 0.00939. The Kier molecular flexibility index (Phi) is 9.30. The van der Waals surface area contributed by atoms with Gasteiger partial charge in [0.2, 0.25) is 0 Å². The molecular weight excluding hydrogens is 780 g/mol. The van der Waals surface area contributed by atoms with E-state index >= 15 is 0 Å². The van der Waals surface area contributed by atoms with E-state index < -0.39 is 0 Å². The third-order valence-electron chi connectivity index (χ3n) is 14.9. The molecule has 3 heterocycles. The fourth-order valence-electron chi connectivity index (χ4n) is 10.8. The van der Waals surface area contributed by atoms with E-state index in [0.29, 0.717) is 0 Å². The van der Waals surface area contributed by atoms with Crippen LogP contribution in [0.2, 0.25) is 0 Å². The summed E-state index contributed by atoms with van der Waals surface area (Å²) in [5.74, 6) is 0. The SMILES string of the molecule is Cc1ccc2sc3c(c2c1)B1c2cc4c(cc2N(c2ccc(C(C)(C)C)cc2-c2ccccc2)c2cc(C(C)(C)C)cc(c21)N3c1ccc(C(C)(C)C)cc1)C(C)(C)CCC4(C)C. The van der Waals surface area contributed by atoms with Gasteiger partial charge in [-0.25, -0.2) is 0 Å². The van der Waals surface area contributed by atoms with Crippen LogP contribution in [0.15, 0.2) is 115 Å². The first kappa shape index (κ1) is 41.9. The van der Waals surface area contributed by atoms with Crippen LogP contribution in [0.1, 0.15) is 136 Å². The normalized spacial score (nSPS) is 16.4. The Morgan fingerprint density at radius 3 is 1.73 bits per heavy atom. The van der Waals surface area contributed by atoms with Crippen molar-refractivity contribution in [1.82, 2.24) is 0 Å². The average Bonchev–Trinajstić information content (AvgIpc) is 3.59. The van der Waals surface area contributed by atoms with Crippen LogP contribution < -0.4 is 26.2 Å². The fraction of sp³-hybridized carbons (Fsp3) is 0.356. The lowest BCUT2D eigenvalue weighted by atomic mass is 9.33. The molecule has 0 bridgehead atoms. The van der Waals surface area contributed by atoms with E-state index in [2.05, 4.69) is 222 Å². The molecule has 4 heteroatoms. The van der Waals surface area contributed by atoms with Crippen molar-refractivity contribution in [3.8, 4) is 11.1 Å². The number of hydrogen-bond acceptors (Lipinski definition) is 3. The van der Waals surface area contributed by atoms with Gasteiger partial charge in [0.25, 0.3) is 6.71 Å². The van der Waals surface area contributed by atoms with Crippen molar-refractivity contribution < 1.29 is 0 Å². The lowest BCUT2D eigenvalue weighted by Gasteiger charge is -2.47. The zero-order valence-electron chi connectivity index (χ0n) is 40.3. The first-order valence-electron chi connectivity index (χ1n) is 23.3. The molecule has 2 nitrogen and oxygen atoms in total. The average molecular weight is 845 g/mol. The van der Waals surface area contributed by atoms with E-state index in [9.17, 15) is 0 Å². The molecule has 6 aromatic carbocycles. The Balaban J connectivity index is 1.39. The Hall–Kier alpha value is -5.06. The van der Waals surface area contributed by atoms with Gasteiger partial charge < -0.3 is 9.80 Å². The molecule has 0 spiro atoms. The van der Waals surface area contributed by atoms with Crippen LogP contribution in [-0.2, 0) is 27.1 Å². The molecule has 3 aliphatic rings. The summed E-state index contributed by atoms with van der Waals surface area (Å²) < 4.78 is 1.35. The molecule has 1 aromatic heterocycles. The Morgan fingerprint density at radius 2 is 1.11 bits per heavy atom. The standard InChI is InChI=1S/C59H65BN2S/c1-36-20-27-51-43(30-36)52-54(63-51)61(41-24-21-38(22-25-41)55(2,3)4)49-32-40(57(8,9)10)33-50-53(49)60(52)46-34-44-45(59(13,14)29-28-58(44,11)12)35-48(46)62(50)47-26-23-39(56(5,6)7)31-42(47)37-18-16-15-17-19-37/h15-27,30-35H,28-29H2,1-14H3. The van der Waals surface area contributed by atoms with Gasteiger partial charge in [0.15, 0.2) is 0 Å². The molecule has 0 radical (unpaired) electrons. The molecule has 320 valence electrons. The van der Waals surface area contributed by atoms with Gasteiger partial charge in [-0.15, -0.1) is 11.3 Å². The van der Waals surface area contributed by atoms with Crippen molar-refractivity contribution >= 4 is 78.0 Å². The summed E-state index contributed by atoms with van der Waals surface area (Å²) in [4.78, 5) is 5.35. The van der Waals surface area contributed by atoms with E-state index in [-0.39, 0.29) is 33.8 Å². The van der Waals surface area contributed by atoms with Gasteiger partial charge in [0.1, 0.15) is 0 Å². The van der Waals surface area contributed by atoms with E-state index in [1.54, 1.807) is 0 Å². The molecular formula is C59H65BN2S. The molecule has 1 aliphatic carbocycles. The third kappa shape index (κ3) is 6.72. The molecule has 0 fully saturated rings.